The second kappa shape index (κ2) is 19.8. The Labute approximate surface area is 308 Å². The molecular formula is C40H44N4O9. The molecule has 1 amide bonds. The zero-order valence-electron chi connectivity index (χ0n) is 29.9. The van der Waals surface area contributed by atoms with Crippen LogP contribution in [0.1, 0.15) is 73.1 Å². The number of Topliss-reactive ketones (excluding diaryl/α,β-unsaturated/α-hetero) is 2. The molecule has 0 atom stereocenters. The molecule has 5 aromatic rings. The molecule has 0 spiro atoms. The van der Waals surface area contributed by atoms with Gasteiger partial charge in [-0.25, -0.2) is 14.6 Å². The van der Waals surface area contributed by atoms with Crippen LogP contribution < -0.4 is 14.8 Å². The first-order chi connectivity index (χ1) is 24.7. The molecular weight excluding hydrogens is 680 g/mol. The number of nitrogens with one attached hydrogen (secondary N) is 1. The number of fused-ring (bicyclic) bond motifs is 1. The monoisotopic (exact) mass is 724 g/mol. The second-order valence-electron chi connectivity index (χ2n) is 11.9. The number of carbonyl (C=O) groups excluding carboxylic acids is 4. The second-order valence-corrected chi connectivity index (χ2v) is 11.9. The molecule has 0 aliphatic heterocycles. The van der Waals surface area contributed by atoms with Gasteiger partial charge in [0.05, 0.1) is 48.9 Å². The largest absolute Gasteiger partial charge is 0.497 e. The predicted molar refractivity (Wildman–Crippen MR) is 201 cm³/mol. The maximum atomic E-state index is 11.9. The van der Waals surface area contributed by atoms with E-state index in [4.69, 9.17) is 9.47 Å². The number of carboxylic acids is 1. The molecule has 0 aliphatic carbocycles. The van der Waals surface area contributed by atoms with E-state index in [-0.39, 0.29) is 42.5 Å². The highest BCUT2D eigenvalue weighted by atomic mass is 16.5. The summed E-state index contributed by atoms with van der Waals surface area (Å²) in [4.78, 5) is 69.9. The van der Waals surface area contributed by atoms with E-state index in [1.165, 1.54) is 31.6 Å². The van der Waals surface area contributed by atoms with E-state index in [0.29, 0.717) is 27.9 Å². The summed E-state index contributed by atoms with van der Waals surface area (Å²) >= 11 is 0. The molecule has 13 nitrogen and oxygen atoms in total. The van der Waals surface area contributed by atoms with Crippen molar-refractivity contribution in [3.63, 3.8) is 0 Å². The molecule has 0 aliphatic rings. The van der Waals surface area contributed by atoms with Crippen molar-refractivity contribution in [2.75, 3.05) is 26.1 Å². The minimum atomic E-state index is -1.00. The van der Waals surface area contributed by atoms with Crippen molar-refractivity contribution in [1.82, 2.24) is 15.0 Å². The molecule has 2 aromatic carbocycles. The summed E-state index contributed by atoms with van der Waals surface area (Å²) in [5.74, 6) is -1.58. The zero-order chi connectivity index (χ0) is 38.4. The quantitative estimate of drug-likeness (QED) is 0.0877. The van der Waals surface area contributed by atoms with Gasteiger partial charge in [-0.2, -0.15) is 0 Å². The molecule has 5 rings (SSSR count). The molecule has 13 heteroatoms. The summed E-state index contributed by atoms with van der Waals surface area (Å²) in [6.07, 6.45) is 5.77. The van der Waals surface area contributed by atoms with Crippen LogP contribution in [0, 0.1) is 5.41 Å². The van der Waals surface area contributed by atoms with Gasteiger partial charge in [-0.15, -0.1) is 0 Å². The van der Waals surface area contributed by atoms with Gasteiger partial charge < -0.3 is 24.6 Å². The number of rotatable bonds is 9. The van der Waals surface area contributed by atoms with Crippen LogP contribution in [0.15, 0.2) is 91.5 Å². The van der Waals surface area contributed by atoms with Crippen LogP contribution >= 0.6 is 0 Å². The van der Waals surface area contributed by atoms with E-state index in [2.05, 4.69) is 25.0 Å². The van der Waals surface area contributed by atoms with Crippen molar-refractivity contribution >= 4 is 46.0 Å². The molecule has 0 saturated carbocycles. The normalized spacial score (nSPS) is 10.2. The average molecular weight is 725 g/mol. The SMILES string of the molecule is C.CCOC(=O)C(=O)c1cnccc1NC(=O)C(C)(C)C.COc1cccc(-c2cc(C(=O)O)c3cnccc3n2)c1.COc1cccc(C(C)=O)c1. The number of benzene rings is 2. The lowest BCUT2D eigenvalue weighted by Crippen LogP contribution is -2.29. The Morgan fingerprint density at radius 3 is 2.04 bits per heavy atom. The average Bonchev–Trinajstić information content (AvgIpc) is 3.14. The van der Waals surface area contributed by atoms with Gasteiger partial charge >= 0.3 is 11.9 Å². The third-order valence-corrected chi connectivity index (χ3v) is 7.14. The lowest BCUT2D eigenvalue weighted by molar-refractivity contribution is -0.137. The van der Waals surface area contributed by atoms with Gasteiger partial charge in [-0.1, -0.05) is 52.5 Å². The molecule has 0 fully saturated rings. The number of carbonyl (C=O) groups is 5. The maximum absolute atomic E-state index is 11.9. The summed E-state index contributed by atoms with van der Waals surface area (Å²) in [6, 6.07) is 19.2. The summed E-state index contributed by atoms with van der Waals surface area (Å²) in [7, 11) is 3.17. The fourth-order valence-corrected chi connectivity index (χ4v) is 4.32. The number of hydrogen-bond acceptors (Lipinski definition) is 11. The summed E-state index contributed by atoms with van der Waals surface area (Å²) in [6.45, 7) is 8.49. The van der Waals surface area contributed by atoms with Gasteiger partial charge in [0.15, 0.2) is 5.78 Å². The number of ether oxygens (including phenoxy) is 3. The highest BCUT2D eigenvalue weighted by Crippen LogP contribution is 2.27. The van der Waals surface area contributed by atoms with E-state index in [0.717, 1.165) is 11.3 Å². The molecule has 2 N–H and O–H groups in total. The van der Waals surface area contributed by atoms with Crippen molar-refractivity contribution < 1.29 is 43.3 Å². The Balaban J connectivity index is 0.000000286. The molecule has 3 aromatic heterocycles. The predicted octanol–water partition coefficient (Wildman–Crippen LogP) is 7.35. The highest BCUT2D eigenvalue weighted by molar-refractivity contribution is 6.42. The van der Waals surface area contributed by atoms with Crippen molar-refractivity contribution in [1.29, 1.82) is 0 Å². The van der Waals surface area contributed by atoms with E-state index in [9.17, 15) is 29.1 Å². The van der Waals surface area contributed by atoms with Crippen LogP contribution in [0.2, 0.25) is 0 Å². The Hall–Kier alpha value is -6.50. The van der Waals surface area contributed by atoms with Crippen molar-refractivity contribution in [3.8, 4) is 22.8 Å². The Kier molecular flexibility index (Phi) is 15.9. The summed E-state index contributed by atoms with van der Waals surface area (Å²) in [5, 5.41) is 12.5. The zero-order valence-corrected chi connectivity index (χ0v) is 29.9. The number of hydrogen-bond donors (Lipinski definition) is 2. The number of nitrogens with zero attached hydrogens (tertiary/aromatic N) is 3. The topological polar surface area (TPSA) is 184 Å². The molecule has 53 heavy (non-hydrogen) atoms. The minimum Gasteiger partial charge on any atom is -0.497 e. The third-order valence-electron chi connectivity index (χ3n) is 7.14. The van der Waals surface area contributed by atoms with Gasteiger partial charge in [0.25, 0.3) is 5.78 Å². The van der Waals surface area contributed by atoms with Crippen LogP contribution in [0.3, 0.4) is 0 Å². The first-order valence-electron chi connectivity index (χ1n) is 15.9. The molecule has 0 bridgehead atoms. The van der Waals surface area contributed by atoms with Gasteiger partial charge in [-0.05, 0) is 56.3 Å². The van der Waals surface area contributed by atoms with Crippen LogP contribution in [0.25, 0.3) is 22.2 Å². The van der Waals surface area contributed by atoms with Gasteiger partial charge in [0.2, 0.25) is 5.91 Å². The van der Waals surface area contributed by atoms with Crippen LogP contribution in [-0.2, 0) is 14.3 Å². The van der Waals surface area contributed by atoms with Crippen LogP contribution in [-0.4, -0.2) is 70.3 Å². The van der Waals surface area contributed by atoms with Gasteiger partial charge in [0.1, 0.15) is 11.5 Å². The van der Waals surface area contributed by atoms with E-state index in [1.807, 2.05) is 30.3 Å². The maximum Gasteiger partial charge on any atom is 0.379 e. The lowest BCUT2D eigenvalue weighted by Gasteiger charge is -2.18. The fourth-order valence-electron chi connectivity index (χ4n) is 4.32. The van der Waals surface area contributed by atoms with Crippen LogP contribution in [0.4, 0.5) is 5.69 Å². The number of aromatic carboxylic acids is 1. The number of amides is 1. The Morgan fingerprint density at radius 2 is 1.43 bits per heavy atom. The number of anilines is 1. The number of aromatic nitrogens is 3. The number of pyridine rings is 3. The van der Waals surface area contributed by atoms with Crippen molar-refractivity contribution in [2.45, 2.75) is 42.0 Å². The van der Waals surface area contributed by atoms with Gasteiger partial charge in [0, 0.05) is 46.7 Å². The van der Waals surface area contributed by atoms with E-state index < -0.39 is 23.1 Å². The summed E-state index contributed by atoms with van der Waals surface area (Å²) in [5.41, 5.74) is 2.51. The first-order valence-corrected chi connectivity index (χ1v) is 15.9. The number of esters is 1. The van der Waals surface area contributed by atoms with E-state index in [1.54, 1.807) is 78.4 Å². The first kappa shape index (κ1) is 42.7. The Morgan fingerprint density at radius 1 is 0.811 bits per heavy atom. The molecule has 0 saturated heterocycles. The third kappa shape index (κ3) is 12.1. The number of carboxylic acid groups (broad SMARTS) is 1. The molecule has 0 unspecified atom stereocenters. The minimum absolute atomic E-state index is 0. The standard InChI is InChI=1S/C16H12N2O3.C14H18N2O4.C9H10O2.CH4/c1-21-11-4-2-3-10(7-11)15-8-12(16(19)20)13-9-17-6-5-14(13)18-15;1-5-20-12(18)11(17)9-8-15-7-6-10(9)16-13(19)14(2,3)4;1-7(10)8-4-3-5-9(6-8)11-2;/h2-9H,1H3,(H,19,20);6-8H,5H2,1-4H3,(H,15,16,19);3-6H,1-2H3;1H4. The van der Waals surface area contributed by atoms with Crippen molar-refractivity contribution in [3.05, 3.63) is 108 Å². The molecule has 0 radical (unpaired) electrons. The summed E-state index contributed by atoms with van der Waals surface area (Å²) < 4.78 is 14.8. The number of methoxy groups -OCH3 is 2. The smallest absolute Gasteiger partial charge is 0.379 e. The van der Waals surface area contributed by atoms with Crippen molar-refractivity contribution in [2.24, 2.45) is 5.41 Å². The molecule has 278 valence electrons. The molecule has 3 heterocycles. The highest BCUT2D eigenvalue weighted by Gasteiger charge is 2.26. The number of ketones is 2. The Bertz CT molecular complexity index is 2070. The van der Waals surface area contributed by atoms with E-state index >= 15 is 0 Å². The lowest BCUT2D eigenvalue weighted by atomic mass is 9.95. The van der Waals surface area contributed by atoms with Crippen LogP contribution in [0.5, 0.6) is 11.5 Å². The van der Waals surface area contributed by atoms with Gasteiger partial charge in [-0.3, -0.25) is 24.4 Å². The fraction of sp³-hybridized carbons (Fsp3) is 0.250.